The van der Waals surface area contributed by atoms with Gasteiger partial charge in [-0.3, -0.25) is 0 Å². The first kappa shape index (κ1) is 26.7. The van der Waals surface area contributed by atoms with Crippen molar-refractivity contribution in [1.82, 2.24) is 4.98 Å². The van der Waals surface area contributed by atoms with E-state index in [0.29, 0.717) is 5.88 Å². The van der Waals surface area contributed by atoms with Gasteiger partial charge in [0.05, 0.1) is 18.8 Å². The minimum atomic E-state index is -2.61. The van der Waals surface area contributed by atoms with Crippen molar-refractivity contribution in [3.63, 3.8) is 0 Å². The third-order valence-electron chi connectivity index (χ3n) is 7.51. The van der Waals surface area contributed by atoms with Gasteiger partial charge in [0.2, 0.25) is 5.88 Å². The summed E-state index contributed by atoms with van der Waals surface area (Å²) in [6.07, 6.45) is 1.78. The fourth-order valence-electron chi connectivity index (χ4n) is 5.74. The molecule has 1 saturated heterocycles. The Balaban J connectivity index is 1.37. The largest absolute Gasteiger partial charge is 0.474 e. The Morgan fingerprint density at radius 2 is 1.51 bits per heavy atom. The van der Waals surface area contributed by atoms with E-state index in [-0.39, 0.29) is 16.7 Å². The standard InChI is InChI=1S/C30H37IN2O3Si/c1-29(2,3)37(25-11-7-5-8-12-25,26-13-9-6-10-14-26)36-30(4)21-24(22-30)35-28-20-23(31)19-27(32-28)33-15-17-34-18-16-33/h5-14,19-20,24H,15-18,21-22H2,1-4H3. The predicted octanol–water partition coefficient (Wildman–Crippen LogP) is 5.40. The second kappa shape index (κ2) is 10.7. The summed E-state index contributed by atoms with van der Waals surface area (Å²) in [6, 6.07) is 25.9. The number of hydrogen-bond donors (Lipinski definition) is 0. The number of benzene rings is 2. The lowest BCUT2D eigenvalue weighted by molar-refractivity contribution is -0.0781. The highest BCUT2D eigenvalue weighted by Gasteiger charge is 2.56. The van der Waals surface area contributed by atoms with Crippen molar-refractivity contribution in [2.24, 2.45) is 0 Å². The molecule has 196 valence electrons. The molecule has 0 unspecified atom stereocenters. The summed E-state index contributed by atoms with van der Waals surface area (Å²) in [4.78, 5) is 7.12. The molecule has 5 nitrogen and oxygen atoms in total. The Kier molecular flexibility index (Phi) is 7.69. The number of pyridine rings is 1. The Labute approximate surface area is 235 Å². The molecule has 1 aromatic heterocycles. The fraction of sp³-hybridized carbons (Fsp3) is 0.433. The van der Waals surface area contributed by atoms with Crippen LogP contribution in [0.1, 0.15) is 40.5 Å². The van der Waals surface area contributed by atoms with Crippen LogP contribution < -0.4 is 20.0 Å². The number of ether oxygens (including phenoxy) is 2. The maximum absolute atomic E-state index is 7.42. The Morgan fingerprint density at radius 1 is 0.946 bits per heavy atom. The first-order chi connectivity index (χ1) is 17.7. The Hall–Kier alpha value is -1.94. The second-order valence-electron chi connectivity index (χ2n) is 11.4. The lowest BCUT2D eigenvalue weighted by Crippen LogP contribution is -2.71. The van der Waals surface area contributed by atoms with Gasteiger partial charge in [-0.15, -0.1) is 0 Å². The van der Waals surface area contributed by atoms with Crippen LogP contribution in [-0.2, 0) is 9.16 Å². The third-order valence-corrected chi connectivity index (χ3v) is 13.3. The molecule has 0 atom stereocenters. The number of morpholine rings is 1. The van der Waals surface area contributed by atoms with Crippen LogP contribution in [-0.4, -0.2) is 51.3 Å². The molecule has 2 heterocycles. The van der Waals surface area contributed by atoms with Gasteiger partial charge in [0.25, 0.3) is 8.32 Å². The second-order valence-corrected chi connectivity index (χ2v) is 16.9. The summed E-state index contributed by atoms with van der Waals surface area (Å²) in [6.45, 7) is 12.5. The monoisotopic (exact) mass is 628 g/mol. The number of aromatic nitrogens is 1. The summed E-state index contributed by atoms with van der Waals surface area (Å²) < 4.78 is 20.5. The van der Waals surface area contributed by atoms with E-state index in [1.54, 1.807) is 0 Å². The van der Waals surface area contributed by atoms with Crippen LogP contribution in [0.15, 0.2) is 72.8 Å². The van der Waals surface area contributed by atoms with Crippen LogP contribution in [0, 0.1) is 3.57 Å². The zero-order chi connectivity index (χ0) is 26.1. The molecular formula is C30H37IN2O3Si. The molecule has 1 aliphatic heterocycles. The fourth-order valence-corrected chi connectivity index (χ4v) is 11.1. The average Bonchev–Trinajstić information content (AvgIpc) is 2.87. The van der Waals surface area contributed by atoms with Gasteiger partial charge in [-0.2, -0.15) is 4.98 Å². The summed E-state index contributed by atoms with van der Waals surface area (Å²) in [7, 11) is -2.61. The van der Waals surface area contributed by atoms with Crippen molar-refractivity contribution in [2.75, 3.05) is 31.2 Å². The van der Waals surface area contributed by atoms with E-state index in [9.17, 15) is 0 Å². The van der Waals surface area contributed by atoms with E-state index in [1.165, 1.54) is 10.4 Å². The van der Waals surface area contributed by atoms with Gasteiger partial charge in [-0.25, -0.2) is 0 Å². The average molecular weight is 629 g/mol. The van der Waals surface area contributed by atoms with E-state index in [0.717, 1.165) is 48.5 Å². The molecular weight excluding hydrogens is 591 g/mol. The summed E-state index contributed by atoms with van der Waals surface area (Å²) >= 11 is 2.35. The topological polar surface area (TPSA) is 43.8 Å². The summed E-state index contributed by atoms with van der Waals surface area (Å²) in [5, 5.41) is 2.58. The molecule has 2 aromatic carbocycles. The molecule has 2 aliphatic rings. The van der Waals surface area contributed by atoms with Crippen molar-refractivity contribution in [1.29, 1.82) is 0 Å². The molecule has 0 spiro atoms. The van der Waals surface area contributed by atoms with Crippen LogP contribution in [0.5, 0.6) is 5.88 Å². The van der Waals surface area contributed by atoms with Crippen LogP contribution in [0.4, 0.5) is 5.82 Å². The number of anilines is 1. The zero-order valence-corrected chi connectivity index (χ0v) is 25.4. The molecule has 1 aliphatic carbocycles. The van der Waals surface area contributed by atoms with Gasteiger partial charge in [0.1, 0.15) is 11.9 Å². The van der Waals surface area contributed by atoms with E-state index in [2.05, 4.69) is 122 Å². The molecule has 0 amide bonds. The predicted molar refractivity (Wildman–Crippen MR) is 161 cm³/mol. The highest BCUT2D eigenvalue weighted by Crippen LogP contribution is 2.46. The first-order valence-electron chi connectivity index (χ1n) is 13.2. The van der Waals surface area contributed by atoms with Crippen LogP contribution in [0.3, 0.4) is 0 Å². The van der Waals surface area contributed by atoms with E-state index >= 15 is 0 Å². The zero-order valence-electron chi connectivity index (χ0n) is 22.2. The lowest BCUT2D eigenvalue weighted by Gasteiger charge is -2.53. The van der Waals surface area contributed by atoms with Crippen molar-refractivity contribution < 1.29 is 13.9 Å². The molecule has 0 bridgehead atoms. The van der Waals surface area contributed by atoms with Gasteiger partial charge in [-0.05, 0) is 51.0 Å². The minimum Gasteiger partial charge on any atom is -0.474 e. The van der Waals surface area contributed by atoms with Crippen LogP contribution >= 0.6 is 22.6 Å². The van der Waals surface area contributed by atoms with Crippen LogP contribution in [0.25, 0.3) is 0 Å². The Morgan fingerprint density at radius 3 is 2.05 bits per heavy atom. The quantitative estimate of drug-likeness (QED) is 0.259. The lowest BCUT2D eigenvalue weighted by atomic mass is 9.79. The van der Waals surface area contributed by atoms with Crippen molar-refractivity contribution >= 4 is 47.1 Å². The SMILES string of the molecule is CC1(O[Si](c2ccccc2)(c2ccccc2)C(C)(C)C)CC(Oc2cc(I)cc(N3CCOCC3)n2)C1. The minimum absolute atomic E-state index is 0.0468. The van der Waals surface area contributed by atoms with Gasteiger partial charge >= 0.3 is 0 Å². The number of nitrogens with zero attached hydrogens (tertiary/aromatic N) is 2. The van der Waals surface area contributed by atoms with Gasteiger partial charge in [0, 0.05) is 35.6 Å². The first-order valence-corrected chi connectivity index (χ1v) is 16.2. The van der Waals surface area contributed by atoms with Gasteiger partial charge in [-0.1, -0.05) is 81.4 Å². The molecule has 0 N–H and O–H groups in total. The highest BCUT2D eigenvalue weighted by atomic mass is 127. The van der Waals surface area contributed by atoms with E-state index in [1.807, 2.05) is 6.07 Å². The van der Waals surface area contributed by atoms with E-state index in [4.69, 9.17) is 18.9 Å². The highest BCUT2D eigenvalue weighted by molar-refractivity contribution is 14.1. The number of halogens is 1. The van der Waals surface area contributed by atoms with Gasteiger partial charge < -0.3 is 18.8 Å². The van der Waals surface area contributed by atoms with Crippen molar-refractivity contribution in [3.8, 4) is 5.88 Å². The molecule has 3 aromatic rings. The van der Waals surface area contributed by atoms with Crippen molar-refractivity contribution in [2.45, 2.75) is 57.3 Å². The van der Waals surface area contributed by atoms with E-state index < -0.39 is 8.32 Å². The molecule has 1 saturated carbocycles. The van der Waals surface area contributed by atoms with Crippen molar-refractivity contribution in [3.05, 3.63) is 76.4 Å². The molecule has 0 radical (unpaired) electrons. The summed E-state index contributed by atoms with van der Waals surface area (Å²) in [5.41, 5.74) is -0.259. The summed E-state index contributed by atoms with van der Waals surface area (Å²) in [5.74, 6) is 1.67. The van der Waals surface area contributed by atoms with Crippen LogP contribution in [0.2, 0.25) is 5.04 Å². The Bertz CT molecular complexity index is 1150. The molecule has 5 rings (SSSR count). The molecule has 2 fully saturated rings. The maximum atomic E-state index is 7.42. The van der Waals surface area contributed by atoms with Gasteiger partial charge in [0.15, 0.2) is 0 Å². The molecule has 37 heavy (non-hydrogen) atoms. The smallest absolute Gasteiger partial charge is 0.261 e. The normalized spacial score (nSPS) is 22.4. The number of hydrogen-bond acceptors (Lipinski definition) is 5. The number of rotatable bonds is 7. The molecule has 7 heteroatoms. The maximum Gasteiger partial charge on any atom is 0.261 e. The third kappa shape index (κ3) is 5.60.